The first-order valence-electron chi connectivity index (χ1n) is 2.96. The molecule has 1 rings (SSSR count). The van der Waals surface area contributed by atoms with Gasteiger partial charge in [-0.1, -0.05) is 18.4 Å². The van der Waals surface area contributed by atoms with Crippen LogP contribution >= 0.6 is 0 Å². The summed E-state index contributed by atoms with van der Waals surface area (Å²) < 4.78 is 5.18. The first-order chi connectivity index (χ1) is 4.17. The molecule has 1 nitrogen and oxygen atoms in total. The predicted molar refractivity (Wildman–Crippen MR) is 36.9 cm³/mol. The molecule has 0 aliphatic carbocycles. The van der Waals surface area contributed by atoms with Gasteiger partial charge in [0.2, 0.25) is 0 Å². The van der Waals surface area contributed by atoms with Crippen molar-refractivity contribution in [2.24, 2.45) is 0 Å². The molecular formula is C8H10O. The first-order valence-corrected chi connectivity index (χ1v) is 2.96. The average molecular weight is 122 g/mol. The molecular weight excluding hydrogens is 112 g/mol. The van der Waals surface area contributed by atoms with Gasteiger partial charge in [-0.3, -0.25) is 0 Å². The van der Waals surface area contributed by atoms with E-state index < -0.39 is 0 Å². The normalized spacial score (nSPS) is 28.0. The van der Waals surface area contributed by atoms with E-state index in [0.29, 0.717) is 0 Å². The van der Waals surface area contributed by atoms with Crippen LogP contribution in [0.2, 0.25) is 0 Å². The Morgan fingerprint density at radius 3 is 2.56 bits per heavy atom. The van der Waals surface area contributed by atoms with Gasteiger partial charge in [-0.05, 0) is 19.9 Å². The Bertz CT molecular complexity index is 180. The van der Waals surface area contributed by atoms with Crippen LogP contribution in [0.1, 0.15) is 13.8 Å². The third-order valence-corrected chi connectivity index (χ3v) is 1.31. The van der Waals surface area contributed by atoms with Crippen LogP contribution in [-0.4, -0.2) is 11.7 Å². The molecule has 0 radical (unpaired) electrons. The summed E-state index contributed by atoms with van der Waals surface area (Å²) in [4.78, 5) is 0. The lowest BCUT2D eigenvalue weighted by atomic mass is 10.1. The third-order valence-electron chi connectivity index (χ3n) is 1.31. The maximum atomic E-state index is 5.18. The van der Waals surface area contributed by atoms with E-state index in [0.717, 1.165) is 0 Å². The molecule has 9 heavy (non-hydrogen) atoms. The molecule has 1 fully saturated rings. The fourth-order valence-corrected chi connectivity index (χ4v) is 0.608. The highest BCUT2D eigenvalue weighted by Gasteiger charge is 2.46. The van der Waals surface area contributed by atoms with Crippen molar-refractivity contribution in [3.63, 3.8) is 0 Å². The second-order valence-electron chi connectivity index (χ2n) is 2.59. The lowest BCUT2D eigenvalue weighted by molar-refractivity contribution is 0.335. The van der Waals surface area contributed by atoms with Crippen LogP contribution in [0, 0.1) is 11.8 Å². The van der Waals surface area contributed by atoms with Gasteiger partial charge in [-0.2, -0.15) is 0 Å². The molecule has 0 amide bonds. The van der Waals surface area contributed by atoms with Crippen LogP contribution in [0.5, 0.6) is 0 Å². The van der Waals surface area contributed by atoms with E-state index in [4.69, 9.17) is 4.74 Å². The Morgan fingerprint density at radius 2 is 2.22 bits per heavy atom. The number of epoxide rings is 1. The Labute approximate surface area is 55.7 Å². The van der Waals surface area contributed by atoms with Crippen molar-refractivity contribution in [3.8, 4) is 11.8 Å². The second kappa shape index (κ2) is 1.89. The second-order valence-corrected chi connectivity index (χ2v) is 2.59. The largest absolute Gasteiger partial charge is 0.353 e. The van der Waals surface area contributed by atoms with Crippen LogP contribution in [0.3, 0.4) is 0 Å². The van der Waals surface area contributed by atoms with E-state index in [1.54, 1.807) is 6.08 Å². The zero-order valence-corrected chi connectivity index (χ0v) is 5.77. The maximum Gasteiger partial charge on any atom is 0.147 e. The topological polar surface area (TPSA) is 12.5 Å². The highest BCUT2D eigenvalue weighted by molar-refractivity contribution is 5.23. The molecule has 1 atom stereocenters. The summed E-state index contributed by atoms with van der Waals surface area (Å²) in [6.07, 6.45) is 1.72. The van der Waals surface area contributed by atoms with E-state index in [1.807, 2.05) is 13.8 Å². The Kier molecular flexibility index (Phi) is 1.34. The molecule has 0 aromatic carbocycles. The molecule has 1 aliphatic heterocycles. The van der Waals surface area contributed by atoms with E-state index in [9.17, 15) is 0 Å². The van der Waals surface area contributed by atoms with Gasteiger partial charge in [-0.15, -0.1) is 0 Å². The van der Waals surface area contributed by atoms with E-state index in [-0.39, 0.29) is 11.7 Å². The predicted octanol–water partition coefficient (Wildman–Crippen LogP) is 1.35. The van der Waals surface area contributed by atoms with Crippen LogP contribution in [0.25, 0.3) is 0 Å². The average Bonchev–Trinajstić information content (AvgIpc) is 2.35. The third kappa shape index (κ3) is 1.34. The van der Waals surface area contributed by atoms with E-state index in [1.165, 1.54) is 0 Å². The van der Waals surface area contributed by atoms with Gasteiger partial charge in [0.15, 0.2) is 0 Å². The van der Waals surface area contributed by atoms with Crippen LogP contribution in [0.4, 0.5) is 0 Å². The number of rotatable bonds is 0. The summed E-state index contributed by atoms with van der Waals surface area (Å²) in [6, 6.07) is 0. The number of hydrogen-bond donors (Lipinski definition) is 0. The highest BCUT2D eigenvalue weighted by atomic mass is 16.6. The van der Waals surface area contributed by atoms with Gasteiger partial charge >= 0.3 is 0 Å². The quantitative estimate of drug-likeness (QED) is 0.349. The summed E-state index contributed by atoms with van der Waals surface area (Å²) in [7, 11) is 0. The zero-order valence-electron chi connectivity index (χ0n) is 5.77. The summed E-state index contributed by atoms with van der Waals surface area (Å²) in [6.45, 7) is 7.53. The Hall–Kier alpha value is -0.740. The summed E-state index contributed by atoms with van der Waals surface area (Å²) in [5, 5.41) is 0. The van der Waals surface area contributed by atoms with Crippen molar-refractivity contribution in [2.45, 2.75) is 25.6 Å². The fourth-order valence-electron chi connectivity index (χ4n) is 0.608. The van der Waals surface area contributed by atoms with Crippen molar-refractivity contribution < 1.29 is 4.74 Å². The lowest BCUT2D eigenvalue weighted by Crippen LogP contribution is -1.99. The smallest absolute Gasteiger partial charge is 0.147 e. The molecule has 1 heteroatoms. The van der Waals surface area contributed by atoms with Crippen molar-refractivity contribution in [1.29, 1.82) is 0 Å². The molecule has 0 spiro atoms. The molecule has 1 heterocycles. The fraction of sp³-hybridized carbons (Fsp3) is 0.500. The van der Waals surface area contributed by atoms with Crippen LogP contribution in [0.15, 0.2) is 12.7 Å². The molecule has 48 valence electrons. The molecule has 1 aliphatic rings. The standard InChI is InChI=1S/C8H10O/c1-4-5-6-7-8(2,3)9-7/h4,7H,1H2,2-3H3. The monoisotopic (exact) mass is 122 g/mol. The highest BCUT2D eigenvalue weighted by Crippen LogP contribution is 2.34. The summed E-state index contributed by atoms with van der Waals surface area (Å²) >= 11 is 0. The minimum absolute atomic E-state index is 0.00396. The minimum Gasteiger partial charge on any atom is -0.353 e. The molecule has 1 saturated heterocycles. The molecule has 0 aromatic rings. The summed E-state index contributed by atoms with van der Waals surface area (Å²) in [5.74, 6) is 5.66. The van der Waals surface area contributed by atoms with Crippen molar-refractivity contribution >= 4 is 0 Å². The van der Waals surface area contributed by atoms with Gasteiger partial charge in [0.1, 0.15) is 11.7 Å². The zero-order chi connectivity index (χ0) is 6.91. The van der Waals surface area contributed by atoms with Crippen molar-refractivity contribution in [1.82, 2.24) is 0 Å². The van der Waals surface area contributed by atoms with Gasteiger partial charge in [0.05, 0.1) is 0 Å². The van der Waals surface area contributed by atoms with Crippen LogP contribution in [-0.2, 0) is 4.74 Å². The van der Waals surface area contributed by atoms with Gasteiger partial charge in [0, 0.05) is 0 Å². The Morgan fingerprint density at radius 1 is 1.67 bits per heavy atom. The minimum atomic E-state index is -0.00396. The van der Waals surface area contributed by atoms with Gasteiger partial charge in [-0.25, -0.2) is 0 Å². The maximum absolute atomic E-state index is 5.18. The molecule has 0 saturated carbocycles. The van der Waals surface area contributed by atoms with Crippen molar-refractivity contribution in [2.75, 3.05) is 0 Å². The van der Waals surface area contributed by atoms with Gasteiger partial charge < -0.3 is 4.74 Å². The van der Waals surface area contributed by atoms with Crippen LogP contribution < -0.4 is 0 Å². The number of hydrogen-bond acceptors (Lipinski definition) is 1. The molecule has 1 unspecified atom stereocenters. The number of ether oxygens (including phenoxy) is 1. The lowest BCUT2D eigenvalue weighted by Gasteiger charge is -1.84. The van der Waals surface area contributed by atoms with E-state index >= 15 is 0 Å². The Balaban J connectivity index is 2.44. The molecule has 0 bridgehead atoms. The van der Waals surface area contributed by atoms with Crippen molar-refractivity contribution in [3.05, 3.63) is 12.7 Å². The summed E-state index contributed by atoms with van der Waals surface area (Å²) in [5.41, 5.74) is -0.00396. The number of allylic oxidation sites excluding steroid dienone is 1. The molecule has 0 aromatic heterocycles. The SMILES string of the molecule is C=CC#CC1OC1(C)C. The van der Waals surface area contributed by atoms with E-state index in [2.05, 4.69) is 18.4 Å². The molecule has 0 N–H and O–H groups in total. The van der Waals surface area contributed by atoms with Gasteiger partial charge in [0.25, 0.3) is 0 Å². The first kappa shape index (κ1) is 6.38.